The molecule has 1 amide bonds. The summed E-state index contributed by atoms with van der Waals surface area (Å²) in [5.74, 6) is 3.05. The number of carbonyl (C=O) groups excluding carboxylic acids is 1. The van der Waals surface area contributed by atoms with Crippen LogP contribution in [0.2, 0.25) is 0 Å². The Hall–Kier alpha value is -2.50. The molecule has 0 bridgehead atoms. The van der Waals surface area contributed by atoms with E-state index in [0.29, 0.717) is 35.6 Å². The summed E-state index contributed by atoms with van der Waals surface area (Å²) in [5.41, 5.74) is 1.78. The van der Waals surface area contributed by atoms with E-state index in [9.17, 15) is 4.79 Å². The summed E-state index contributed by atoms with van der Waals surface area (Å²) in [4.78, 5) is 19.7. The Bertz CT molecular complexity index is 841. The molecule has 144 valence electrons. The Labute approximate surface area is 160 Å². The zero-order chi connectivity index (χ0) is 19.0. The molecule has 2 fully saturated rings. The number of amides is 1. The number of likely N-dealkylation sites (tertiary alicyclic amines) is 1. The van der Waals surface area contributed by atoms with Crippen LogP contribution in [-0.4, -0.2) is 47.7 Å². The second-order valence-corrected chi connectivity index (χ2v) is 7.52. The molecule has 1 aromatic carbocycles. The van der Waals surface area contributed by atoms with Crippen molar-refractivity contribution in [3.63, 3.8) is 0 Å². The van der Waals surface area contributed by atoms with E-state index in [4.69, 9.17) is 9.47 Å². The van der Waals surface area contributed by atoms with Gasteiger partial charge in [0, 0.05) is 37.0 Å². The molecular formula is C21H27N3O3. The maximum atomic E-state index is 13.1. The number of hydrogen-bond donors (Lipinski definition) is 0. The average molecular weight is 369 g/mol. The van der Waals surface area contributed by atoms with Gasteiger partial charge in [0.25, 0.3) is 5.91 Å². The Morgan fingerprint density at radius 3 is 2.67 bits per heavy atom. The maximum Gasteiger partial charge on any atom is 0.257 e. The molecule has 0 spiro atoms. The first-order valence-electron chi connectivity index (χ1n) is 9.67. The van der Waals surface area contributed by atoms with E-state index in [0.717, 1.165) is 13.0 Å². The summed E-state index contributed by atoms with van der Waals surface area (Å²) in [7, 11) is 3.19. The highest BCUT2D eigenvalue weighted by Gasteiger charge is 2.33. The highest BCUT2D eigenvalue weighted by Crippen LogP contribution is 2.38. The molecule has 0 radical (unpaired) electrons. The van der Waals surface area contributed by atoms with Gasteiger partial charge >= 0.3 is 0 Å². The number of imidazole rings is 1. The summed E-state index contributed by atoms with van der Waals surface area (Å²) in [6.07, 6.45) is 6.69. The highest BCUT2D eigenvalue weighted by atomic mass is 16.5. The molecule has 6 heteroatoms. The van der Waals surface area contributed by atoms with Gasteiger partial charge in [-0.25, -0.2) is 4.98 Å². The topological polar surface area (TPSA) is 56.6 Å². The van der Waals surface area contributed by atoms with Crippen LogP contribution in [0.15, 0.2) is 24.4 Å². The van der Waals surface area contributed by atoms with Crippen LogP contribution < -0.4 is 9.47 Å². The largest absolute Gasteiger partial charge is 0.497 e. The van der Waals surface area contributed by atoms with Crippen LogP contribution in [0.5, 0.6) is 11.5 Å². The van der Waals surface area contributed by atoms with Gasteiger partial charge < -0.3 is 18.9 Å². The molecule has 2 aromatic rings. The van der Waals surface area contributed by atoms with Crippen molar-refractivity contribution in [3.05, 3.63) is 41.5 Å². The Balaban J connectivity index is 1.53. The summed E-state index contributed by atoms with van der Waals surface area (Å²) in [6.45, 7) is 3.58. The fourth-order valence-electron chi connectivity index (χ4n) is 4.19. The van der Waals surface area contributed by atoms with Gasteiger partial charge in [0.1, 0.15) is 17.3 Å². The quantitative estimate of drug-likeness (QED) is 0.809. The molecular weight excluding hydrogens is 342 g/mol. The zero-order valence-electron chi connectivity index (χ0n) is 16.3. The monoisotopic (exact) mass is 369 g/mol. The third-order valence-electron chi connectivity index (χ3n) is 5.94. The molecule has 1 aliphatic carbocycles. The number of rotatable bonds is 5. The lowest BCUT2D eigenvalue weighted by atomic mass is 9.84. The molecule has 1 atom stereocenters. The molecule has 4 rings (SSSR count). The van der Waals surface area contributed by atoms with E-state index in [1.165, 1.54) is 30.8 Å². The van der Waals surface area contributed by atoms with Crippen LogP contribution in [0.1, 0.15) is 59.5 Å². The van der Waals surface area contributed by atoms with E-state index in [-0.39, 0.29) is 5.91 Å². The van der Waals surface area contributed by atoms with E-state index in [1.54, 1.807) is 32.4 Å². The fourth-order valence-corrected chi connectivity index (χ4v) is 4.19. The van der Waals surface area contributed by atoms with Crippen molar-refractivity contribution in [1.29, 1.82) is 0 Å². The summed E-state index contributed by atoms with van der Waals surface area (Å²) in [5, 5.41) is 0. The number of carbonyl (C=O) groups is 1. The first kappa shape index (κ1) is 17.9. The molecule has 6 nitrogen and oxygen atoms in total. The summed E-state index contributed by atoms with van der Waals surface area (Å²) in [6, 6.07) is 5.65. The minimum Gasteiger partial charge on any atom is -0.497 e. The van der Waals surface area contributed by atoms with Gasteiger partial charge in [-0.1, -0.05) is 6.42 Å². The lowest BCUT2D eigenvalue weighted by molar-refractivity contribution is 0.0784. The molecule has 1 aliphatic heterocycles. The fraction of sp³-hybridized carbons (Fsp3) is 0.524. The van der Waals surface area contributed by atoms with Crippen molar-refractivity contribution < 1.29 is 14.3 Å². The predicted octanol–water partition coefficient (Wildman–Crippen LogP) is 3.56. The van der Waals surface area contributed by atoms with Crippen LogP contribution >= 0.6 is 0 Å². The van der Waals surface area contributed by atoms with Crippen molar-refractivity contribution in [2.75, 3.05) is 27.3 Å². The SMILES string of the molecule is COc1ccc(C(=O)N2CCC(n3c(C)cnc3C3CCC3)C2)c(OC)c1. The Morgan fingerprint density at radius 2 is 2.00 bits per heavy atom. The molecule has 1 unspecified atom stereocenters. The normalized spacial score (nSPS) is 19.8. The second-order valence-electron chi connectivity index (χ2n) is 7.52. The number of benzene rings is 1. The lowest BCUT2D eigenvalue weighted by Crippen LogP contribution is -2.30. The van der Waals surface area contributed by atoms with Gasteiger partial charge in [-0.05, 0) is 38.3 Å². The van der Waals surface area contributed by atoms with Crippen molar-refractivity contribution >= 4 is 5.91 Å². The lowest BCUT2D eigenvalue weighted by Gasteiger charge is -2.28. The Kier molecular flexibility index (Phi) is 4.81. The zero-order valence-corrected chi connectivity index (χ0v) is 16.3. The Morgan fingerprint density at radius 1 is 1.19 bits per heavy atom. The molecule has 1 saturated heterocycles. The van der Waals surface area contributed by atoms with Crippen LogP contribution in [0.25, 0.3) is 0 Å². The molecule has 2 heterocycles. The molecule has 2 aliphatic rings. The van der Waals surface area contributed by atoms with Crippen LogP contribution in [0.3, 0.4) is 0 Å². The highest BCUT2D eigenvalue weighted by molar-refractivity contribution is 5.97. The van der Waals surface area contributed by atoms with Crippen molar-refractivity contribution in [1.82, 2.24) is 14.5 Å². The van der Waals surface area contributed by atoms with Gasteiger partial charge in [0.15, 0.2) is 0 Å². The van der Waals surface area contributed by atoms with Crippen LogP contribution in [-0.2, 0) is 0 Å². The van der Waals surface area contributed by atoms with Crippen molar-refractivity contribution in [2.45, 2.75) is 44.6 Å². The van der Waals surface area contributed by atoms with Gasteiger partial charge in [-0.2, -0.15) is 0 Å². The standard InChI is InChI=1S/C21H27N3O3/c1-14-12-22-20(15-5-4-6-15)24(14)16-9-10-23(13-16)21(25)18-8-7-17(26-2)11-19(18)27-3/h7-8,11-12,15-16H,4-6,9-10,13H2,1-3H3. The number of aromatic nitrogens is 2. The van der Waals surface area contributed by atoms with Crippen LogP contribution in [0, 0.1) is 6.92 Å². The first-order valence-corrected chi connectivity index (χ1v) is 9.67. The van der Waals surface area contributed by atoms with Crippen molar-refractivity contribution in [3.8, 4) is 11.5 Å². The summed E-state index contributed by atoms with van der Waals surface area (Å²) >= 11 is 0. The van der Waals surface area contributed by atoms with E-state index < -0.39 is 0 Å². The number of hydrogen-bond acceptors (Lipinski definition) is 4. The molecule has 27 heavy (non-hydrogen) atoms. The van der Waals surface area contributed by atoms with Gasteiger partial charge in [-0.15, -0.1) is 0 Å². The van der Waals surface area contributed by atoms with E-state index >= 15 is 0 Å². The number of nitrogens with zero attached hydrogens (tertiary/aromatic N) is 3. The maximum absolute atomic E-state index is 13.1. The predicted molar refractivity (Wildman–Crippen MR) is 103 cm³/mol. The average Bonchev–Trinajstić information content (AvgIpc) is 3.26. The van der Waals surface area contributed by atoms with Gasteiger partial charge in [0.05, 0.1) is 25.8 Å². The number of methoxy groups -OCH3 is 2. The number of ether oxygens (including phenoxy) is 2. The molecule has 1 aromatic heterocycles. The third-order valence-corrected chi connectivity index (χ3v) is 5.94. The number of aryl methyl sites for hydroxylation is 1. The van der Waals surface area contributed by atoms with E-state index in [2.05, 4.69) is 16.5 Å². The smallest absolute Gasteiger partial charge is 0.257 e. The minimum atomic E-state index is 0.0139. The first-order chi connectivity index (χ1) is 13.1. The molecule has 0 N–H and O–H groups in total. The van der Waals surface area contributed by atoms with Crippen LogP contribution in [0.4, 0.5) is 0 Å². The minimum absolute atomic E-state index is 0.0139. The van der Waals surface area contributed by atoms with Gasteiger partial charge in [0.2, 0.25) is 0 Å². The van der Waals surface area contributed by atoms with Crippen molar-refractivity contribution in [2.24, 2.45) is 0 Å². The van der Waals surface area contributed by atoms with E-state index in [1.807, 2.05) is 11.1 Å². The third kappa shape index (κ3) is 3.17. The second kappa shape index (κ2) is 7.25. The molecule has 1 saturated carbocycles. The summed E-state index contributed by atoms with van der Waals surface area (Å²) < 4.78 is 13.0. The van der Waals surface area contributed by atoms with Gasteiger partial charge in [-0.3, -0.25) is 4.79 Å².